The van der Waals surface area contributed by atoms with Gasteiger partial charge < -0.3 is 14.2 Å². The van der Waals surface area contributed by atoms with E-state index < -0.39 is 0 Å². The SMILES string of the molecule is O=C1CC(C(=O)N(C2CC2)C2CCc3ccccc32)CN1Cc1ccco1. The van der Waals surface area contributed by atoms with Gasteiger partial charge in [-0.25, -0.2) is 0 Å². The number of hydrogen-bond donors (Lipinski definition) is 0. The summed E-state index contributed by atoms with van der Waals surface area (Å²) in [6.45, 7) is 0.946. The molecule has 1 aromatic heterocycles. The van der Waals surface area contributed by atoms with Crippen LogP contribution in [0.15, 0.2) is 47.1 Å². The molecular weight excluding hydrogens is 340 g/mol. The maximum Gasteiger partial charge on any atom is 0.228 e. The van der Waals surface area contributed by atoms with Gasteiger partial charge in [0.15, 0.2) is 0 Å². The maximum absolute atomic E-state index is 13.4. The lowest BCUT2D eigenvalue weighted by Gasteiger charge is -2.32. The van der Waals surface area contributed by atoms with Crippen molar-refractivity contribution in [2.75, 3.05) is 6.54 Å². The van der Waals surface area contributed by atoms with Crippen LogP contribution in [0.2, 0.25) is 0 Å². The number of hydrogen-bond acceptors (Lipinski definition) is 3. The topological polar surface area (TPSA) is 53.8 Å². The van der Waals surface area contributed by atoms with Crippen molar-refractivity contribution < 1.29 is 14.0 Å². The van der Waals surface area contributed by atoms with Crippen molar-refractivity contribution in [3.8, 4) is 0 Å². The lowest BCUT2D eigenvalue weighted by atomic mass is 10.0. The van der Waals surface area contributed by atoms with Gasteiger partial charge in [0, 0.05) is 19.0 Å². The number of furan rings is 1. The molecule has 1 saturated heterocycles. The summed E-state index contributed by atoms with van der Waals surface area (Å²) in [6.07, 6.45) is 6.13. The van der Waals surface area contributed by atoms with Crippen molar-refractivity contribution in [2.24, 2.45) is 5.92 Å². The van der Waals surface area contributed by atoms with Gasteiger partial charge in [0.2, 0.25) is 11.8 Å². The standard InChI is InChI=1S/C22H24N2O3/c25-21-12-16(13-23(21)14-18-5-3-11-27-18)22(26)24(17-8-9-17)20-10-7-15-4-1-2-6-19(15)20/h1-6,11,16-17,20H,7-10,12-14H2. The van der Waals surface area contributed by atoms with Crippen LogP contribution < -0.4 is 0 Å². The number of benzene rings is 1. The predicted molar refractivity (Wildman–Crippen MR) is 99.6 cm³/mol. The Labute approximate surface area is 158 Å². The first-order valence-electron chi connectivity index (χ1n) is 9.91. The molecule has 2 unspecified atom stereocenters. The van der Waals surface area contributed by atoms with E-state index in [9.17, 15) is 9.59 Å². The fourth-order valence-electron chi connectivity index (χ4n) is 4.66. The van der Waals surface area contributed by atoms with Gasteiger partial charge in [0.05, 0.1) is 24.8 Å². The van der Waals surface area contributed by atoms with Crippen molar-refractivity contribution in [3.05, 3.63) is 59.5 Å². The molecule has 3 aliphatic rings. The molecule has 5 rings (SSSR count). The number of likely N-dealkylation sites (tertiary alicyclic amines) is 1. The minimum absolute atomic E-state index is 0.0484. The van der Waals surface area contributed by atoms with Crippen LogP contribution in [0.3, 0.4) is 0 Å². The third-order valence-electron chi connectivity index (χ3n) is 6.12. The third kappa shape index (κ3) is 3.05. The van der Waals surface area contributed by atoms with Crippen molar-refractivity contribution in [2.45, 2.75) is 50.7 Å². The molecule has 140 valence electrons. The zero-order chi connectivity index (χ0) is 18.4. The summed E-state index contributed by atoms with van der Waals surface area (Å²) in [7, 11) is 0. The molecule has 2 amide bonds. The fraction of sp³-hybridized carbons (Fsp3) is 0.455. The molecule has 5 nitrogen and oxygen atoms in total. The van der Waals surface area contributed by atoms with Crippen LogP contribution >= 0.6 is 0 Å². The molecule has 1 saturated carbocycles. The minimum atomic E-state index is -0.235. The van der Waals surface area contributed by atoms with Gasteiger partial charge in [-0.2, -0.15) is 0 Å². The van der Waals surface area contributed by atoms with E-state index in [0.717, 1.165) is 31.4 Å². The molecule has 27 heavy (non-hydrogen) atoms. The quantitative estimate of drug-likeness (QED) is 0.818. The number of fused-ring (bicyclic) bond motifs is 1. The zero-order valence-electron chi connectivity index (χ0n) is 15.3. The van der Waals surface area contributed by atoms with Crippen LogP contribution in [0.1, 0.15) is 48.6 Å². The Balaban J connectivity index is 1.34. The molecule has 2 aliphatic carbocycles. The first-order chi connectivity index (χ1) is 13.2. The Hall–Kier alpha value is -2.56. The monoisotopic (exact) mass is 364 g/mol. The van der Waals surface area contributed by atoms with E-state index in [4.69, 9.17) is 4.42 Å². The normalized spacial score (nSPS) is 24.3. The van der Waals surface area contributed by atoms with Gasteiger partial charge in [0.25, 0.3) is 0 Å². The largest absolute Gasteiger partial charge is 0.467 e. The zero-order valence-corrected chi connectivity index (χ0v) is 15.3. The average Bonchev–Trinajstić information content (AvgIpc) is 3.06. The van der Waals surface area contributed by atoms with E-state index in [1.165, 1.54) is 11.1 Å². The summed E-state index contributed by atoms with van der Waals surface area (Å²) in [6, 6.07) is 12.7. The second-order valence-electron chi connectivity index (χ2n) is 7.98. The molecule has 1 aromatic carbocycles. The van der Waals surface area contributed by atoms with E-state index in [2.05, 4.69) is 29.2 Å². The van der Waals surface area contributed by atoms with Crippen LogP contribution in [-0.2, 0) is 22.6 Å². The number of aryl methyl sites for hydroxylation is 1. The van der Waals surface area contributed by atoms with Crippen LogP contribution in [-0.4, -0.2) is 34.2 Å². The Bertz CT molecular complexity index is 856. The highest BCUT2D eigenvalue weighted by Gasteiger charge is 2.45. The van der Waals surface area contributed by atoms with Crippen LogP contribution in [0.25, 0.3) is 0 Å². The molecule has 0 radical (unpaired) electrons. The van der Waals surface area contributed by atoms with Crippen molar-refractivity contribution >= 4 is 11.8 Å². The van der Waals surface area contributed by atoms with E-state index in [-0.39, 0.29) is 23.8 Å². The Morgan fingerprint density at radius 3 is 2.78 bits per heavy atom. The Kier molecular flexibility index (Phi) is 4.03. The van der Waals surface area contributed by atoms with Gasteiger partial charge in [-0.05, 0) is 48.9 Å². The molecule has 5 heteroatoms. The number of carbonyl (C=O) groups excluding carboxylic acids is 2. The van der Waals surface area contributed by atoms with E-state index in [0.29, 0.717) is 25.6 Å². The summed E-state index contributed by atoms with van der Waals surface area (Å²) in [4.78, 5) is 29.8. The second kappa shape index (κ2) is 6.55. The lowest BCUT2D eigenvalue weighted by molar-refractivity contribution is -0.139. The molecule has 0 N–H and O–H groups in total. The highest BCUT2D eigenvalue weighted by Crippen LogP contribution is 2.43. The summed E-state index contributed by atoms with van der Waals surface area (Å²) in [5, 5.41) is 0. The molecule has 2 heterocycles. The number of rotatable bonds is 5. The van der Waals surface area contributed by atoms with Crippen molar-refractivity contribution in [1.29, 1.82) is 0 Å². The molecule has 0 spiro atoms. The Morgan fingerprint density at radius 1 is 1.15 bits per heavy atom. The third-order valence-corrected chi connectivity index (χ3v) is 6.12. The van der Waals surface area contributed by atoms with E-state index in [1.807, 2.05) is 12.1 Å². The predicted octanol–water partition coefficient (Wildman–Crippen LogP) is 3.31. The van der Waals surface area contributed by atoms with Gasteiger partial charge in [-0.3, -0.25) is 9.59 Å². The van der Waals surface area contributed by atoms with Crippen LogP contribution in [0.5, 0.6) is 0 Å². The van der Waals surface area contributed by atoms with E-state index >= 15 is 0 Å². The maximum atomic E-state index is 13.4. The van der Waals surface area contributed by atoms with Crippen LogP contribution in [0.4, 0.5) is 0 Å². The second-order valence-corrected chi connectivity index (χ2v) is 7.98. The van der Waals surface area contributed by atoms with Crippen LogP contribution in [0, 0.1) is 5.92 Å². The molecule has 2 fully saturated rings. The number of amides is 2. The van der Waals surface area contributed by atoms with Crippen molar-refractivity contribution in [1.82, 2.24) is 9.80 Å². The number of carbonyl (C=O) groups is 2. The lowest BCUT2D eigenvalue weighted by Crippen LogP contribution is -2.41. The minimum Gasteiger partial charge on any atom is -0.467 e. The van der Waals surface area contributed by atoms with E-state index in [1.54, 1.807) is 11.2 Å². The van der Waals surface area contributed by atoms with Gasteiger partial charge in [-0.15, -0.1) is 0 Å². The summed E-state index contributed by atoms with van der Waals surface area (Å²) in [5.41, 5.74) is 2.66. The van der Waals surface area contributed by atoms with Gasteiger partial charge in [0.1, 0.15) is 5.76 Å². The number of nitrogens with zero attached hydrogens (tertiary/aromatic N) is 2. The Morgan fingerprint density at radius 2 is 2.00 bits per heavy atom. The highest BCUT2D eigenvalue weighted by molar-refractivity contribution is 5.89. The first kappa shape index (κ1) is 16.6. The summed E-state index contributed by atoms with van der Waals surface area (Å²) >= 11 is 0. The fourth-order valence-corrected chi connectivity index (χ4v) is 4.66. The van der Waals surface area contributed by atoms with Gasteiger partial charge >= 0.3 is 0 Å². The molecular formula is C22H24N2O3. The molecule has 2 atom stereocenters. The smallest absolute Gasteiger partial charge is 0.228 e. The first-order valence-corrected chi connectivity index (χ1v) is 9.91. The molecule has 1 aliphatic heterocycles. The molecule has 2 aromatic rings. The van der Waals surface area contributed by atoms with Crippen molar-refractivity contribution in [3.63, 3.8) is 0 Å². The van der Waals surface area contributed by atoms with Gasteiger partial charge in [-0.1, -0.05) is 24.3 Å². The molecule has 0 bridgehead atoms. The summed E-state index contributed by atoms with van der Waals surface area (Å²) < 4.78 is 5.37. The average molecular weight is 364 g/mol. The highest BCUT2D eigenvalue weighted by atomic mass is 16.3. The summed E-state index contributed by atoms with van der Waals surface area (Å²) in [5.74, 6) is 0.739.